The van der Waals surface area contributed by atoms with E-state index in [1.54, 1.807) is 0 Å². The number of piperazine rings is 1. The molecule has 0 amide bonds. The Morgan fingerprint density at radius 1 is 1.12 bits per heavy atom. The quantitative estimate of drug-likeness (QED) is 0.271. The Kier molecular flexibility index (Phi) is 13.2. The van der Waals surface area contributed by atoms with E-state index in [4.69, 9.17) is 19.1 Å². The maximum absolute atomic E-state index is 10.6. The molecule has 5 aliphatic heterocycles. The summed E-state index contributed by atoms with van der Waals surface area (Å²) < 4.78 is 22.0. The van der Waals surface area contributed by atoms with Crippen LogP contribution in [0.5, 0.6) is 0 Å². The average Bonchev–Trinajstić information content (AvgIpc) is 3.54. The summed E-state index contributed by atoms with van der Waals surface area (Å²) in [4.78, 5) is 17.8. The van der Waals surface area contributed by atoms with Crippen LogP contribution in [0.3, 0.4) is 0 Å². The van der Waals surface area contributed by atoms with Gasteiger partial charge in [-0.05, 0) is 107 Å². The van der Waals surface area contributed by atoms with Crippen LogP contribution in [0.1, 0.15) is 109 Å². The lowest BCUT2D eigenvalue weighted by molar-refractivity contribution is -0.0407. The van der Waals surface area contributed by atoms with Gasteiger partial charge in [0.05, 0.1) is 12.2 Å². The number of hydrogen-bond acceptors (Lipinski definition) is 9. The Balaban J connectivity index is 0.00000173. The number of amidine groups is 2. The third-order valence-electron chi connectivity index (χ3n) is 10.8. The molecule has 5 heterocycles. The van der Waals surface area contributed by atoms with Crippen molar-refractivity contribution < 1.29 is 10.7 Å². The fourth-order valence-corrected chi connectivity index (χ4v) is 8.46. The molecule has 3 fully saturated rings. The van der Waals surface area contributed by atoms with Gasteiger partial charge in [0.1, 0.15) is 17.5 Å². The molecule has 0 aromatic heterocycles. The molecule has 1 unspecified atom stereocenters. The predicted octanol–water partition coefficient (Wildman–Crippen LogP) is 8.11. The highest BCUT2D eigenvalue weighted by atomic mass is 32.3. The first-order chi connectivity index (χ1) is 23.2. The predicted molar refractivity (Wildman–Crippen MR) is 217 cm³/mol. The Bertz CT molecular complexity index is 1440. The van der Waals surface area contributed by atoms with Gasteiger partial charge in [-0.3, -0.25) is 0 Å². The molecule has 6 aliphatic rings. The minimum absolute atomic E-state index is 0. The SMILES string of the molecule is C.CC.CC1CCC(N2CCN(C)[C@H](C)C2)=CC=C1NC1=NC=C2CC(=N1)N(C1=CCCC/C(=N/S(C)(C)O)N1)[C@@H]1CC(C)(C)OC[C@@]2(C)C1.[HH]. The molecule has 3 N–H and O–H groups in total. The number of fused-ring (bicyclic) bond motifs is 5. The van der Waals surface area contributed by atoms with Crippen molar-refractivity contribution in [2.75, 3.05) is 45.8 Å². The van der Waals surface area contributed by atoms with Gasteiger partial charge >= 0.3 is 0 Å². The van der Waals surface area contributed by atoms with Crippen LogP contribution in [-0.2, 0) is 4.74 Å². The van der Waals surface area contributed by atoms with E-state index >= 15 is 0 Å². The Hall–Kier alpha value is -2.60. The highest BCUT2D eigenvalue weighted by molar-refractivity contribution is 8.27. The van der Waals surface area contributed by atoms with Crippen LogP contribution >= 0.6 is 10.5 Å². The maximum atomic E-state index is 10.6. The van der Waals surface area contributed by atoms with Gasteiger partial charge in [-0.25, -0.2) is 9.39 Å². The summed E-state index contributed by atoms with van der Waals surface area (Å²) in [7, 11) is 0.177. The van der Waals surface area contributed by atoms with Gasteiger partial charge in [0, 0.05) is 81.5 Å². The van der Waals surface area contributed by atoms with Gasteiger partial charge in [-0.2, -0.15) is 4.99 Å². The number of nitrogens with one attached hydrogen (secondary N) is 2. The van der Waals surface area contributed by atoms with Crippen molar-refractivity contribution in [2.45, 2.75) is 125 Å². The van der Waals surface area contributed by atoms with E-state index in [0.29, 0.717) is 30.9 Å². The second-order valence-electron chi connectivity index (χ2n) is 15.8. The normalized spacial score (nSPS) is 31.4. The number of aliphatic imine (C=N–C) groups is 2. The summed E-state index contributed by atoms with van der Waals surface area (Å²) in [6.07, 6.45) is 20.0. The average molecular weight is 715 g/mol. The number of allylic oxidation sites excluding steroid dienone is 5. The van der Waals surface area contributed by atoms with Crippen molar-refractivity contribution in [1.82, 2.24) is 25.3 Å². The van der Waals surface area contributed by atoms with E-state index in [0.717, 1.165) is 87.8 Å². The van der Waals surface area contributed by atoms with Gasteiger partial charge in [-0.1, -0.05) is 35.1 Å². The number of ether oxygens (including phenoxy) is 1. The first kappa shape index (κ1) is 40.2. The topological polar surface area (TPSA) is 100 Å². The Morgan fingerprint density at radius 2 is 1.88 bits per heavy atom. The van der Waals surface area contributed by atoms with E-state index in [2.05, 4.69) is 91.4 Å². The molecular weight excluding hydrogens is 645 g/mol. The summed E-state index contributed by atoms with van der Waals surface area (Å²) in [6.45, 7) is 19.3. The highest BCUT2D eigenvalue weighted by Gasteiger charge is 2.47. The first-order valence-corrected chi connectivity index (χ1v) is 21.0. The minimum atomic E-state index is -2.05. The van der Waals surface area contributed by atoms with Gasteiger partial charge in [0.25, 0.3) is 0 Å². The van der Waals surface area contributed by atoms with Gasteiger partial charge in [0.2, 0.25) is 5.96 Å². The number of guanidine groups is 1. The molecule has 1 aliphatic carbocycles. The van der Waals surface area contributed by atoms with Crippen molar-refractivity contribution in [1.29, 1.82) is 0 Å². The van der Waals surface area contributed by atoms with Crippen LogP contribution in [0, 0.1) is 11.3 Å². The summed E-state index contributed by atoms with van der Waals surface area (Å²) in [5.41, 5.74) is 3.40. The van der Waals surface area contributed by atoms with Crippen molar-refractivity contribution in [3.63, 3.8) is 0 Å². The zero-order valence-corrected chi connectivity index (χ0v) is 32.8. The molecule has 0 radical (unpaired) electrons. The molecule has 50 heavy (non-hydrogen) atoms. The van der Waals surface area contributed by atoms with Crippen LogP contribution in [0.4, 0.5) is 0 Å². The summed E-state index contributed by atoms with van der Waals surface area (Å²) in [6, 6.07) is 0.724. The van der Waals surface area contributed by atoms with E-state index in [-0.39, 0.29) is 25.9 Å². The van der Waals surface area contributed by atoms with Crippen LogP contribution in [0.15, 0.2) is 61.6 Å². The third-order valence-corrected chi connectivity index (χ3v) is 11.5. The minimum Gasteiger partial charge on any atom is -0.375 e. The fraction of sp³-hybridized carbons (Fsp3) is 0.718. The van der Waals surface area contributed by atoms with E-state index < -0.39 is 10.5 Å². The highest BCUT2D eigenvalue weighted by Crippen LogP contribution is 2.47. The molecule has 3 saturated heterocycles. The van der Waals surface area contributed by atoms with Crippen molar-refractivity contribution >= 4 is 28.1 Å². The van der Waals surface area contributed by atoms with Gasteiger partial charge in [-0.15, -0.1) is 0 Å². The number of rotatable bonds is 4. The molecule has 284 valence electrons. The van der Waals surface area contributed by atoms with Gasteiger partial charge in [0.15, 0.2) is 0 Å². The molecule has 0 saturated carbocycles. The number of nitrogens with zero attached hydrogens (tertiary/aromatic N) is 6. The number of likely N-dealkylation sites (tertiary alicyclic amines) is 1. The second-order valence-corrected chi connectivity index (χ2v) is 18.5. The molecule has 4 bridgehead atoms. The van der Waals surface area contributed by atoms with E-state index in [1.807, 2.05) is 26.4 Å². The molecule has 6 rings (SSSR count). The molecule has 4 atom stereocenters. The Morgan fingerprint density at radius 3 is 2.60 bits per heavy atom. The zero-order valence-electron chi connectivity index (χ0n) is 32.0. The molecule has 0 aromatic rings. The Labute approximate surface area is 307 Å². The molecule has 0 aromatic carbocycles. The van der Waals surface area contributed by atoms with Crippen LogP contribution in [0.25, 0.3) is 0 Å². The lowest BCUT2D eigenvalue weighted by Gasteiger charge is -2.40. The van der Waals surface area contributed by atoms with Crippen molar-refractivity contribution in [2.24, 2.45) is 25.7 Å². The third kappa shape index (κ3) is 9.63. The standard InChI is InChI=1S/C36H58N8O2S.C2H6.CH4.H2/c1-25-13-14-28(43-18-17-42(6)26(2)23-43)15-16-30(25)38-34-37-22-27-19-33(40-34)44(29-20-35(3,4)46-24-36(27,5)21-29)32-12-10-9-11-31(39-32)41-47(7,8)45;1-2;;/h12,15-16,22,25-26,29,45H,9-11,13-14,17-21,23-24H2,1-8H3,(H,37,38)(H,39,41);1-2H3;1H4;1H/t25?,26-,29-,36-;;;/m1.../s1. The van der Waals surface area contributed by atoms with Crippen molar-refractivity contribution in [3.8, 4) is 0 Å². The van der Waals surface area contributed by atoms with Crippen LogP contribution in [-0.4, -0.2) is 100 Å². The van der Waals surface area contributed by atoms with Crippen molar-refractivity contribution in [3.05, 3.63) is 47.2 Å². The molecular formula is C39H70N8O2S. The summed E-state index contributed by atoms with van der Waals surface area (Å²) >= 11 is 0. The monoisotopic (exact) mass is 715 g/mol. The van der Waals surface area contributed by atoms with E-state index in [9.17, 15) is 4.55 Å². The van der Waals surface area contributed by atoms with Crippen LogP contribution in [0.2, 0.25) is 0 Å². The summed E-state index contributed by atoms with van der Waals surface area (Å²) in [5.74, 6) is 3.84. The molecule has 11 heteroatoms. The summed E-state index contributed by atoms with van der Waals surface area (Å²) in [5, 5.41) is 7.38. The lowest BCUT2D eigenvalue weighted by Crippen LogP contribution is -2.49. The molecule has 0 spiro atoms. The lowest BCUT2D eigenvalue weighted by atomic mass is 9.77. The largest absolute Gasteiger partial charge is 0.375 e. The van der Waals surface area contributed by atoms with E-state index in [1.165, 1.54) is 11.3 Å². The number of hydrogen-bond donors (Lipinski definition) is 3. The van der Waals surface area contributed by atoms with Crippen LogP contribution < -0.4 is 10.6 Å². The fourth-order valence-electron chi connectivity index (χ4n) is 7.79. The zero-order chi connectivity index (χ0) is 35.6. The first-order valence-electron chi connectivity index (χ1n) is 18.6. The number of likely N-dealkylation sites (N-methyl/N-ethyl adjacent to an activating group) is 1. The molecule has 10 nitrogen and oxygen atoms in total. The second kappa shape index (κ2) is 16.4. The van der Waals surface area contributed by atoms with Gasteiger partial charge < -0.3 is 34.6 Å². The maximum Gasteiger partial charge on any atom is 0.228 e. The smallest absolute Gasteiger partial charge is 0.228 e.